The number of aromatic nitrogens is 1. The van der Waals surface area contributed by atoms with Crippen molar-refractivity contribution >= 4 is 45.4 Å². The molecule has 0 radical (unpaired) electrons. The number of hydrazone groups is 1. The van der Waals surface area contributed by atoms with E-state index in [1.54, 1.807) is 0 Å². The van der Waals surface area contributed by atoms with E-state index in [1.807, 2.05) is 95.2 Å². The van der Waals surface area contributed by atoms with Gasteiger partial charge in [0.15, 0.2) is 0 Å². The highest BCUT2D eigenvalue weighted by atomic mass is 35.5. The molecule has 1 amide bonds. The number of nitrogens with one attached hydrogen (secondary N) is 1. The summed E-state index contributed by atoms with van der Waals surface area (Å²) in [6.07, 6.45) is 0.247. The Morgan fingerprint density at radius 1 is 0.969 bits per heavy atom. The molecule has 1 aliphatic rings. The first kappa shape index (κ1) is 20.4. The molecular weight excluding hydrogens is 440 g/mol. The highest BCUT2D eigenvalue weighted by molar-refractivity contribution is 7.14. The van der Waals surface area contributed by atoms with E-state index in [4.69, 9.17) is 11.6 Å². The predicted octanol–water partition coefficient (Wildman–Crippen LogP) is 6.41. The summed E-state index contributed by atoms with van der Waals surface area (Å²) in [6, 6.07) is 27.0. The Balaban J connectivity index is 1.44. The number of benzene rings is 3. The fraction of sp³-hybridized carbons (Fsp3) is 0.0800. The van der Waals surface area contributed by atoms with Crippen LogP contribution in [0.1, 0.15) is 18.0 Å². The molecule has 4 aromatic rings. The zero-order valence-electron chi connectivity index (χ0n) is 17.0. The minimum absolute atomic E-state index is 0.0200. The largest absolute Gasteiger partial charge is 0.299 e. The molecule has 0 spiro atoms. The number of hydrogen-bond acceptors (Lipinski definition) is 5. The molecule has 7 heteroatoms. The molecule has 1 atom stereocenters. The molecule has 1 aromatic heterocycles. The van der Waals surface area contributed by atoms with E-state index in [9.17, 15) is 4.79 Å². The number of anilines is 2. The van der Waals surface area contributed by atoms with Crippen molar-refractivity contribution in [2.24, 2.45) is 5.10 Å². The van der Waals surface area contributed by atoms with Gasteiger partial charge in [0.2, 0.25) is 11.0 Å². The zero-order chi connectivity index (χ0) is 21.9. The van der Waals surface area contributed by atoms with Gasteiger partial charge in [-0.25, -0.2) is 4.98 Å². The number of rotatable bonds is 5. The van der Waals surface area contributed by atoms with Gasteiger partial charge in [0.25, 0.3) is 0 Å². The molecule has 32 heavy (non-hydrogen) atoms. The fourth-order valence-corrected chi connectivity index (χ4v) is 4.57. The topological polar surface area (TPSA) is 57.6 Å². The van der Waals surface area contributed by atoms with Gasteiger partial charge in [-0.15, -0.1) is 11.3 Å². The Morgan fingerprint density at radius 3 is 2.38 bits per heavy atom. The summed E-state index contributed by atoms with van der Waals surface area (Å²) in [4.78, 5) is 19.4. The van der Waals surface area contributed by atoms with Crippen LogP contribution in [0.3, 0.4) is 0 Å². The van der Waals surface area contributed by atoms with Crippen LogP contribution in [0.4, 0.5) is 10.8 Å². The van der Waals surface area contributed by atoms with Crippen LogP contribution in [0.2, 0.25) is 5.02 Å². The van der Waals surface area contributed by atoms with Gasteiger partial charge in [0.1, 0.15) is 6.04 Å². The molecule has 0 bridgehead atoms. The first-order valence-corrected chi connectivity index (χ1v) is 11.4. The third-order valence-corrected chi connectivity index (χ3v) is 6.26. The molecule has 0 aliphatic carbocycles. The highest BCUT2D eigenvalue weighted by Gasteiger charge is 2.39. The lowest BCUT2D eigenvalue weighted by molar-refractivity contribution is -0.116. The average molecular weight is 459 g/mol. The normalized spacial score (nSPS) is 17.2. The Labute approximate surface area is 195 Å². The van der Waals surface area contributed by atoms with Crippen LogP contribution < -0.4 is 10.3 Å². The predicted molar refractivity (Wildman–Crippen MR) is 131 cm³/mol. The Kier molecular flexibility index (Phi) is 5.71. The zero-order valence-corrected chi connectivity index (χ0v) is 18.6. The number of nitrogens with zero attached hydrogens (tertiary/aromatic N) is 3. The number of para-hydroxylation sites is 1. The summed E-state index contributed by atoms with van der Waals surface area (Å²) >= 11 is 7.45. The summed E-state index contributed by atoms with van der Waals surface area (Å²) in [7, 11) is 0. The maximum absolute atomic E-state index is 13.0. The summed E-state index contributed by atoms with van der Waals surface area (Å²) in [5.41, 5.74) is 7.54. The fourth-order valence-electron chi connectivity index (χ4n) is 3.79. The van der Waals surface area contributed by atoms with E-state index in [0.29, 0.717) is 10.2 Å². The van der Waals surface area contributed by atoms with Crippen LogP contribution in [-0.2, 0) is 4.79 Å². The third-order valence-electron chi connectivity index (χ3n) is 5.26. The van der Waals surface area contributed by atoms with Crippen LogP contribution in [0.25, 0.3) is 11.3 Å². The molecule has 158 valence electrons. The number of hydrogen-bond donors (Lipinski definition) is 1. The van der Waals surface area contributed by atoms with E-state index in [1.165, 1.54) is 11.3 Å². The standard InChI is InChI=1S/C25H19ClN4OS/c26-19-13-11-17(12-14-19)22-16-32-25(27-22)29-28-21-15-23(31)30(20-9-5-2-6-10-20)24(21)18-7-3-1-4-8-18/h1-14,16,24H,15H2,(H,27,29)/b28-21-/t24-/m0/s1. The van der Waals surface area contributed by atoms with Crippen molar-refractivity contribution < 1.29 is 4.79 Å². The second-order valence-corrected chi connectivity index (χ2v) is 8.64. The van der Waals surface area contributed by atoms with Crippen molar-refractivity contribution in [2.75, 3.05) is 10.3 Å². The Bertz CT molecular complexity index is 1260. The van der Waals surface area contributed by atoms with Crippen molar-refractivity contribution in [1.82, 2.24) is 4.98 Å². The number of thiazole rings is 1. The number of carbonyl (C=O) groups is 1. The van der Waals surface area contributed by atoms with Gasteiger partial charge in [-0.3, -0.25) is 15.1 Å². The monoisotopic (exact) mass is 458 g/mol. The van der Waals surface area contributed by atoms with Gasteiger partial charge in [-0.05, 0) is 29.8 Å². The molecule has 1 fully saturated rings. The van der Waals surface area contributed by atoms with Gasteiger partial charge < -0.3 is 0 Å². The second kappa shape index (κ2) is 8.94. The molecule has 3 aromatic carbocycles. The van der Waals surface area contributed by atoms with Crippen LogP contribution >= 0.6 is 22.9 Å². The highest BCUT2D eigenvalue weighted by Crippen LogP contribution is 2.35. The number of amides is 1. The van der Waals surface area contributed by atoms with Crippen molar-refractivity contribution in [3.8, 4) is 11.3 Å². The molecule has 1 N–H and O–H groups in total. The first-order valence-electron chi connectivity index (χ1n) is 10.1. The van der Waals surface area contributed by atoms with Gasteiger partial charge in [-0.2, -0.15) is 5.10 Å². The molecule has 5 rings (SSSR count). The molecule has 1 aliphatic heterocycles. The maximum atomic E-state index is 13.0. The van der Waals surface area contributed by atoms with Gasteiger partial charge in [0, 0.05) is 21.7 Å². The lowest BCUT2D eigenvalue weighted by Gasteiger charge is -2.25. The van der Waals surface area contributed by atoms with E-state index < -0.39 is 0 Å². The smallest absolute Gasteiger partial charge is 0.233 e. The van der Waals surface area contributed by atoms with Crippen molar-refractivity contribution in [3.63, 3.8) is 0 Å². The van der Waals surface area contributed by atoms with E-state index in [-0.39, 0.29) is 18.4 Å². The molecule has 1 saturated heterocycles. The number of carbonyl (C=O) groups excluding carboxylic acids is 1. The average Bonchev–Trinajstić information content (AvgIpc) is 3.43. The van der Waals surface area contributed by atoms with Crippen LogP contribution in [0.5, 0.6) is 0 Å². The van der Waals surface area contributed by atoms with Gasteiger partial charge in [0.05, 0.1) is 17.8 Å². The van der Waals surface area contributed by atoms with Crippen LogP contribution in [-0.4, -0.2) is 16.6 Å². The SMILES string of the molecule is O=C1C/C(=N/Nc2nc(-c3ccc(Cl)cc3)cs2)[C@H](c2ccccc2)N1c1ccccc1. The Morgan fingerprint density at radius 2 is 1.66 bits per heavy atom. The molecule has 0 saturated carbocycles. The summed E-state index contributed by atoms with van der Waals surface area (Å²) < 4.78 is 0. The lowest BCUT2D eigenvalue weighted by atomic mass is 10.0. The number of halogens is 1. The van der Waals surface area contributed by atoms with Crippen molar-refractivity contribution in [3.05, 3.63) is 101 Å². The quantitative estimate of drug-likeness (QED) is 0.351. The first-order chi connectivity index (χ1) is 15.7. The Hall–Kier alpha value is -3.48. The van der Waals surface area contributed by atoms with Gasteiger partial charge >= 0.3 is 0 Å². The van der Waals surface area contributed by atoms with Crippen molar-refractivity contribution in [1.29, 1.82) is 0 Å². The summed E-state index contributed by atoms with van der Waals surface area (Å²) in [5.74, 6) is 0.0200. The minimum Gasteiger partial charge on any atom is -0.299 e. The third kappa shape index (κ3) is 4.15. The molecule has 0 unspecified atom stereocenters. The molecular formula is C25H19ClN4OS. The van der Waals surface area contributed by atoms with Crippen LogP contribution in [0.15, 0.2) is 95.4 Å². The van der Waals surface area contributed by atoms with Crippen molar-refractivity contribution in [2.45, 2.75) is 12.5 Å². The van der Waals surface area contributed by atoms with E-state index in [0.717, 1.165) is 28.2 Å². The van der Waals surface area contributed by atoms with E-state index in [2.05, 4.69) is 15.5 Å². The van der Waals surface area contributed by atoms with E-state index >= 15 is 0 Å². The second-order valence-electron chi connectivity index (χ2n) is 7.35. The molecule has 5 nitrogen and oxygen atoms in total. The maximum Gasteiger partial charge on any atom is 0.233 e. The summed E-state index contributed by atoms with van der Waals surface area (Å²) in [5, 5.41) is 7.95. The molecule has 2 heterocycles. The van der Waals surface area contributed by atoms with Crippen LogP contribution in [0, 0.1) is 0 Å². The van der Waals surface area contributed by atoms with Gasteiger partial charge in [-0.1, -0.05) is 72.3 Å². The summed E-state index contributed by atoms with van der Waals surface area (Å²) in [6.45, 7) is 0. The lowest BCUT2D eigenvalue weighted by Crippen LogP contribution is -2.28. The minimum atomic E-state index is -0.269.